The fraction of sp³-hybridized carbons (Fsp3) is 0.960. The summed E-state index contributed by atoms with van der Waals surface area (Å²) < 4.78 is 5.82. The third kappa shape index (κ3) is 6.14. The van der Waals surface area contributed by atoms with Crippen molar-refractivity contribution >= 4 is 29.3 Å². The quantitative estimate of drug-likeness (QED) is 0.268. The highest BCUT2D eigenvalue weighted by atomic mass is 35.5. The van der Waals surface area contributed by atoms with Crippen LogP contribution in [0.2, 0.25) is 0 Å². The second-order valence-electron chi connectivity index (χ2n) is 11.4. The van der Waals surface area contributed by atoms with Gasteiger partial charge in [0, 0.05) is 56.7 Å². The van der Waals surface area contributed by atoms with Gasteiger partial charge in [-0.05, 0) is 63.7 Å². The maximum absolute atomic E-state index is 13.6. The largest absolute Gasteiger partial charge is 0.393 e. The summed E-state index contributed by atoms with van der Waals surface area (Å²) >= 11 is 8.39. The van der Waals surface area contributed by atoms with Crippen molar-refractivity contribution in [2.45, 2.75) is 98.5 Å². The number of nitrogens with zero attached hydrogens (tertiary/aromatic N) is 1. The van der Waals surface area contributed by atoms with Crippen LogP contribution in [0.4, 0.5) is 0 Å². The van der Waals surface area contributed by atoms with Crippen LogP contribution in [0.5, 0.6) is 0 Å². The van der Waals surface area contributed by atoms with Crippen LogP contribution < -0.4 is 21.3 Å². The van der Waals surface area contributed by atoms with Crippen molar-refractivity contribution < 1.29 is 14.6 Å². The summed E-state index contributed by atoms with van der Waals surface area (Å²) in [5.74, 6) is 0.610. The first kappa shape index (κ1) is 26.5. The molecule has 0 aromatic heterocycles. The molecule has 5 aliphatic rings. The molecule has 4 saturated heterocycles. The van der Waals surface area contributed by atoms with Gasteiger partial charge in [-0.15, -0.1) is 23.4 Å². The predicted molar refractivity (Wildman–Crippen MR) is 140 cm³/mol. The maximum atomic E-state index is 13.6. The highest BCUT2D eigenvalue weighted by molar-refractivity contribution is 8.00. The van der Waals surface area contributed by atoms with Gasteiger partial charge in [0.05, 0.1) is 23.6 Å². The van der Waals surface area contributed by atoms with Crippen molar-refractivity contribution in [1.29, 1.82) is 0 Å². The van der Waals surface area contributed by atoms with Crippen LogP contribution in [0, 0.1) is 17.8 Å². The fourth-order valence-electron chi connectivity index (χ4n) is 7.23. The average molecular weight is 530 g/mol. The molecule has 4 heterocycles. The fourth-order valence-corrected chi connectivity index (χ4v) is 9.05. The lowest BCUT2D eigenvalue weighted by molar-refractivity contribution is -0.130. The second-order valence-corrected chi connectivity index (χ2v) is 13.3. The van der Waals surface area contributed by atoms with Gasteiger partial charge < -0.3 is 25.4 Å². The summed E-state index contributed by atoms with van der Waals surface area (Å²) in [6.45, 7) is 5.68. The molecule has 5 fully saturated rings. The highest BCUT2D eigenvalue weighted by Crippen LogP contribution is 2.40. The number of likely N-dealkylation sites (tertiary alicyclic amines) is 1. The first-order valence-corrected chi connectivity index (χ1v) is 15.1. The standard InChI is InChI=1S/C25H44ClN5O3S/c1-14-9-17(18-11-23(26)28-13-21(18)34-2)19(12-27-14)24(33)30-25-29-20-4-3-15(10-22(20)35-25)31-7-5-16(32)6-8-31/h14-23,25,27-29,32H,3-13H2,1-2H3,(H,30,33). The third-order valence-corrected chi connectivity index (χ3v) is 11.0. The van der Waals surface area contributed by atoms with Crippen LogP contribution in [-0.2, 0) is 9.53 Å². The molecule has 0 radical (unpaired) electrons. The number of thioether (sulfide) groups is 1. The number of aliphatic hydroxyl groups is 1. The minimum atomic E-state index is -0.120. The topological polar surface area (TPSA) is 97.9 Å². The van der Waals surface area contributed by atoms with E-state index < -0.39 is 0 Å². The molecule has 1 aliphatic carbocycles. The normalized spacial score (nSPS) is 45.7. The zero-order valence-corrected chi connectivity index (χ0v) is 22.7. The lowest BCUT2D eigenvalue weighted by Crippen LogP contribution is -2.57. The number of alkyl halides is 1. The Bertz CT molecular complexity index is 729. The molecule has 10 atom stereocenters. The SMILES string of the molecule is COC1CNC(Cl)CC1C1CC(C)NCC1C(=O)NC1NC2CCC(N3CCC(O)CC3)CC2S1. The molecular weight excluding hydrogens is 486 g/mol. The molecule has 1 saturated carbocycles. The van der Waals surface area contributed by atoms with Gasteiger partial charge >= 0.3 is 0 Å². The van der Waals surface area contributed by atoms with Crippen LogP contribution in [0.15, 0.2) is 0 Å². The molecule has 10 heteroatoms. The van der Waals surface area contributed by atoms with E-state index in [9.17, 15) is 9.90 Å². The Morgan fingerprint density at radius 3 is 2.66 bits per heavy atom. The van der Waals surface area contributed by atoms with Gasteiger partial charge in [0.15, 0.2) is 0 Å². The molecule has 0 bridgehead atoms. The monoisotopic (exact) mass is 529 g/mol. The van der Waals surface area contributed by atoms with E-state index in [-0.39, 0.29) is 46.9 Å². The summed E-state index contributed by atoms with van der Waals surface area (Å²) in [7, 11) is 1.77. The van der Waals surface area contributed by atoms with Gasteiger partial charge in [0.25, 0.3) is 0 Å². The summed E-state index contributed by atoms with van der Waals surface area (Å²) in [4.78, 5) is 16.2. The molecular formula is C25H44ClN5O3S. The van der Waals surface area contributed by atoms with E-state index >= 15 is 0 Å². The Kier molecular flexibility index (Phi) is 8.87. The van der Waals surface area contributed by atoms with Crippen LogP contribution in [0.1, 0.15) is 51.9 Å². The van der Waals surface area contributed by atoms with Gasteiger partial charge in [-0.2, -0.15) is 0 Å². The lowest BCUT2D eigenvalue weighted by atomic mass is 9.70. The van der Waals surface area contributed by atoms with Gasteiger partial charge in [0.2, 0.25) is 5.91 Å². The van der Waals surface area contributed by atoms with Crippen LogP contribution in [-0.4, -0.2) is 95.8 Å². The number of methoxy groups -OCH3 is 1. The number of carbonyl (C=O) groups is 1. The van der Waals surface area contributed by atoms with Crippen molar-refractivity contribution in [3.8, 4) is 0 Å². The van der Waals surface area contributed by atoms with E-state index in [1.165, 1.54) is 6.42 Å². The number of piperidine rings is 3. The van der Waals surface area contributed by atoms with Gasteiger partial charge in [-0.25, -0.2) is 0 Å². The minimum Gasteiger partial charge on any atom is -0.393 e. The van der Waals surface area contributed by atoms with Crippen molar-refractivity contribution in [1.82, 2.24) is 26.2 Å². The Hall–Kier alpha value is -0.130. The van der Waals surface area contributed by atoms with Crippen LogP contribution >= 0.6 is 23.4 Å². The molecule has 5 N–H and O–H groups in total. The van der Waals surface area contributed by atoms with E-state index in [0.29, 0.717) is 29.9 Å². The zero-order valence-electron chi connectivity index (χ0n) is 21.1. The highest BCUT2D eigenvalue weighted by Gasteiger charge is 2.46. The molecule has 200 valence electrons. The molecule has 10 unspecified atom stereocenters. The number of halogens is 1. The first-order chi connectivity index (χ1) is 16.9. The van der Waals surface area contributed by atoms with Gasteiger partial charge in [0.1, 0.15) is 5.50 Å². The third-order valence-electron chi connectivity index (χ3n) is 9.24. The molecule has 0 aromatic rings. The Labute approximate surface area is 219 Å². The molecule has 8 nitrogen and oxygen atoms in total. The Morgan fingerprint density at radius 2 is 1.89 bits per heavy atom. The molecule has 0 spiro atoms. The average Bonchev–Trinajstić information content (AvgIpc) is 3.25. The van der Waals surface area contributed by atoms with Gasteiger partial charge in [-0.3, -0.25) is 15.4 Å². The predicted octanol–water partition coefficient (Wildman–Crippen LogP) is 1.27. The maximum Gasteiger partial charge on any atom is 0.226 e. The van der Waals surface area contributed by atoms with Crippen molar-refractivity contribution in [3.05, 3.63) is 0 Å². The summed E-state index contributed by atoms with van der Waals surface area (Å²) in [5.41, 5.74) is -0.0851. The number of amides is 1. The van der Waals surface area contributed by atoms with Crippen molar-refractivity contribution in [2.24, 2.45) is 17.8 Å². The Morgan fingerprint density at radius 1 is 1.09 bits per heavy atom. The lowest BCUT2D eigenvalue weighted by Gasteiger charge is -2.45. The van der Waals surface area contributed by atoms with E-state index in [1.54, 1.807) is 7.11 Å². The molecule has 5 rings (SSSR count). The first-order valence-electron chi connectivity index (χ1n) is 13.7. The number of hydrogen-bond acceptors (Lipinski definition) is 8. The summed E-state index contributed by atoms with van der Waals surface area (Å²) in [5, 5.41) is 24.3. The van der Waals surface area contributed by atoms with E-state index in [1.807, 2.05) is 11.8 Å². The minimum absolute atomic E-state index is 0.0218. The molecule has 35 heavy (non-hydrogen) atoms. The number of fused-ring (bicyclic) bond motifs is 1. The van der Waals surface area contributed by atoms with E-state index in [0.717, 1.165) is 58.2 Å². The molecule has 4 aliphatic heterocycles. The number of aliphatic hydroxyl groups excluding tert-OH is 1. The number of rotatable bonds is 5. The molecule has 1 amide bonds. The Balaban J connectivity index is 1.18. The number of hydrogen-bond donors (Lipinski definition) is 5. The number of nitrogens with one attached hydrogen (secondary N) is 4. The number of carbonyl (C=O) groups excluding carboxylic acids is 1. The van der Waals surface area contributed by atoms with Gasteiger partial charge in [-0.1, -0.05) is 0 Å². The summed E-state index contributed by atoms with van der Waals surface area (Å²) in [6.07, 6.45) is 7.08. The van der Waals surface area contributed by atoms with Crippen LogP contribution in [0.25, 0.3) is 0 Å². The van der Waals surface area contributed by atoms with E-state index in [4.69, 9.17) is 16.3 Å². The molecule has 0 aromatic carbocycles. The van der Waals surface area contributed by atoms with Crippen molar-refractivity contribution in [2.75, 3.05) is 33.3 Å². The zero-order chi connectivity index (χ0) is 24.5. The van der Waals surface area contributed by atoms with Crippen LogP contribution in [0.3, 0.4) is 0 Å². The number of ether oxygens (including phenoxy) is 1. The second kappa shape index (κ2) is 11.7. The smallest absolute Gasteiger partial charge is 0.226 e. The van der Waals surface area contributed by atoms with E-state index in [2.05, 4.69) is 33.1 Å². The van der Waals surface area contributed by atoms with Crippen molar-refractivity contribution in [3.63, 3.8) is 0 Å². The summed E-state index contributed by atoms with van der Waals surface area (Å²) in [6, 6.07) is 1.46.